The summed E-state index contributed by atoms with van der Waals surface area (Å²) in [4.78, 5) is 0. The average molecular weight is 399 g/mol. The first-order chi connectivity index (χ1) is 11.5. The van der Waals surface area contributed by atoms with Crippen molar-refractivity contribution >= 4 is 7.82 Å². The van der Waals surface area contributed by atoms with Gasteiger partial charge < -0.3 is 13.4 Å². The SMILES string of the molecule is CCC(OP(=O)(OC(CC)[N+](C)(C)C)OC(CC)[N+](C)(C)C)[N+](C)(C)C. The lowest BCUT2D eigenvalue weighted by Gasteiger charge is -2.40. The standard InChI is InChI=1S/C18H45N3O4P/c1-13-16(19(4,5)6)23-26(22,24-17(14-2)20(7,8)9)25-18(15-3)21(10,11)12/h16-18H,13-15H2,1-12H3/q+3. The van der Waals surface area contributed by atoms with Crippen molar-refractivity contribution in [3.63, 3.8) is 0 Å². The van der Waals surface area contributed by atoms with Gasteiger partial charge in [0.1, 0.15) is 0 Å². The van der Waals surface area contributed by atoms with Crippen LogP contribution in [0.3, 0.4) is 0 Å². The first-order valence-electron chi connectivity index (χ1n) is 9.58. The van der Waals surface area contributed by atoms with Crippen LogP contribution < -0.4 is 0 Å². The molecule has 0 spiro atoms. The molecule has 26 heavy (non-hydrogen) atoms. The molecule has 158 valence electrons. The van der Waals surface area contributed by atoms with Crippen LogP contribution in [-0.2, 0) is 18.1 Å². The molecule has 0 fully saturated rings. The number of phosphoric ester groups is 1. The van der Waals surface area contributed by atoms with Crippen molar-refractivity contribution in [2.75, 3.05) is 63.4 Å². The Morgan fingerprint density at radius 2 is 0.769 bits per heavy atom. The Kier molecular flexibility index (Phi) is 9.46. The van der Waals surface area contributed by atoms with Gasteiger partial charge in [-0.2, -0.15) is 0 Å². The van der Waals surface area contributed by atoms with Crippen molar-refractivity contribution in [3.8, 4) is 0 Å². The van der Waals surface area contributed by atoms with Crippen LogP contribution >= 0.6 is 7.82 Å². The Morgan fingerprint density at radius 1 is 0.577 bits per heavy atom. The highest BCUT2D eigenvalue weighted by atomic mass is 31.2. The predicted molar refractivity (Wildman–Crippen MR) is 107 cm³/mol. The average Bonchev–Trinajstić information content (AvgIpc) is 2.44. The molecular formula is C18H45N3O4P+3. The molecule has 3 atom stereocenters. The van der Waals surface area contributed by atoms with Gasteiger partial charge in [0.25, 0.3) is 0 Å². The maximum atomic E-state index is 13.8. The van der Waals surface area contributed by atoms with Gasteiger partial charge in [0, 0.05) is 19.3 Å². The monoisotopic (exact) mass is 398 g/mol. The summed E-state index contributed by atoms with van der Waals surface area (Å²) in [6.45, 7) is 6.06. The van der Waals surface area contributed by atoms with E-state index in [1.165, 1.54) is 0 Å². The zero-order valence-corrected chi connectivity index (χ0v) is 20.2. The fourth-order valence-corrected chi connectivity index (χ4v) is 5.15. The fourth-order valence-electron chi connectivity index (χ4n) is 2.81. The van der Waals surface area contributed by atoms with Crippen LogP contribution in [0.4, 0.5) is 0 Å². The smallest absolute Gasteiger partial charge is 0.305 e. The Morgan fingerprint density at radius 3 is 0.885 bits per heavy atom. The van der Waals surface area contributed by atoms with Gasteiger partial charge >= 0.3 is 7.82 Å². The van der Waals surface area contributed by atoms with Crippen molar-refractivity contribution in [2.45, 2.75) is 58.7 Å². The number of quaternary nitrogens is 3. The summed E-state index contributed by atoms with van der Waals surface area (Å²) in [6, 6.07) is 0. The van der Waals surface area contributed by atoms with E-state index >= 15 is 0 Å². The second-order valence-corrected chi connectivity index (χ2v) is 11.2. The highest BCUT2D eigenvalue weighted by molar-refractivity contribution is 7.48. The molecule has 0 aliphatic heterocycles. The van der Waals surface area contributed by atoms with Crippen LogP contribution in [-0.4, -0.2) is 95.6 Å². The van der Waals surface area contributed by atoms with Gasteiger partial charge in [0.15, 0.2) is 0 Å². The molecule has 0 aromatic heterocycles. The van der Waals surface area contributed by atoms with Crippen LogP contribution in [0, 0.1) is 0 Å². The molecule has 0 amide bonds. The van der Waals surface area contributed by atoms with E-state index in [2.05, 4.69) is 0 Å². The number of rotatable bonds is 12. The first kappa shape index (κ1) is 26.0. The zero-order valence-electron chi connectivity index (χ0n) is 19.3. The number of nitrogens with zero attached hydrogens (tertiary/aromatic N) is 3. The summed E-state index contributed by atoms with van der Waals surface area (Å²) in [6.07, 6.45) is 1.29. The Labute approximate surface area is 162 Å². The third-order valence-electron chi connectivity index (χ3n) is 4.39. The Balaban J connectivity index is 5.81. The molecule has 3 unspecified atom stereocenters. The van der Waals surface area contributed by atoms with E-state index in [1.54, 1.807) is 0 Å². The summed E-state index contributed by atoms with van der Waals surface area (Å²) in [7, 11) is 14.4. The molecule has 7 nitrogen and oxygen atoms in total. The van der Waals surface area contributed by atoms with Crippen LogP contribution in [0.2, 0.25) is 0 Å². The molecule has 0 aliphatic rings. The topological polar surface area (TPSA) is 44.8 Å². The van der Waals surface area contributed by atoms with Gasteiger partial charge in [-0.15, -0.1) is 0 Å². The van der Waals surface area contributed by atoms with E-state index in [1.807, 2.05) is 84.2 Å². The molecule has 0 rings (SSSR count). The summed E-state index contributed by atoms with van der Waals surface area (Å²) >= 11 is 0. The van der Waals surface area contributed by atoms with E-state index < -0.39 is 7.82 Å². The Hall–Kier alpha value is -0.0100. The van der Waals surface area contributed by atoms with E-state index in [-0.39, 0.29) is 18.7 Å². The molecule has 0 heterocycles. The predicted octanol–water partition coefficient (Wildman–Crippen LogP) is 3.47. The van der Waals surface area contributed by atoms with Crippen LogP contribution in [0.15, 0.2) is 0 Å². The van der Waals surface area contributed by atoms with Crippen molar-refractivity contribution in [3.05, 3.63) is 0 Å². The summed E-state index contributed by atoms with van der Waals surface area (Å²) in [5, 5.41) is 0. The van der Waals surface area contributed by atoms with Gasteiger partial charge in [0.05, 0.1) is 63.4 Å². The minimum absolute atomic E-state index is 0.282. The van der Waals surface area contributed by atoms with Gasteiger partial charge in [-0.05, 0) is 0 Å². The highest BCUT2D eigenvalue weighted by Crippen LogP contribution is 2.55. The Bertz CT molecular complexity index is 400. The highest BCUT2D eigenvalue weighted by Gasteiger charge is 2.45. The van der Waals surface area contributed by atoms with Crippen LogP contribution in [0.1, 0.15) is 40.0 Å². The van der Waals surface area contributed by atoms with E-state index in [0.29, 0.717) is 32.7 Å². The maximum Gasteiger partial charge on any atom is 0.488 e. The quantitative estimate of drug-likeness (QED) is 0.287. The van der Waals surface area contributed by atoms with Gasteiger partial charge in [0.2, 0.25) is 18.7 Å². The fraction of sp³-hybridized carbons (Fsp3) is 1.00. The number of hydrogen-bond acceptors (Lipinski definition) is 4. The van der Waals surface area contributed by atoms with Gasteiger partial charge in [-0.1, -0.05) is 20.8 Å². The largest absolute Gasteiger partial charge is 0.488 e. The number of hydrogen-bond donors (Lipinski definition) is 0. The third-order valence-corrected chi connectivity index (χ3v) is 5.90. The van der Waals surface area contributed by atoms with Crippen molar-refractivity contribution in [2.24, 2.45) is 0 Å². The summed E-state index contributed by atoms with van der Waals surface area (Å²) < 4.78 is 33.5. The third kappa shape index (κ3) is 8.34. The molecule has 0 aliphatic carbocycles. The lowest BCUT2D eigenvalue weighted by atomic mass is 10.3. The minimum atomic E-state index is -3.77. The molecule has 0 bridgehead atoms. The lowest BCUT2D eigenvalue weighted by molar-refractivity contribution is -0.923. The summed E-state index contributed by atoms with van der Waals surface area (Å²) in [5.41, 5.74) is 0. The van der Waals surface area contributed by atoms with Gasteiger partial charge in [-0.25, -0.2) is 18.1 Å². The first-order valence-corrected chi connectivity index (χ1v) is 11.0. The molecule has 0 aromatic rings. The normalized spacial score (nSPS) is 19.7. The minimum Gasteiger partial charge on any atom is -0.305 e. The van der Waals surface area contributed by atoms with Crippen molar-refractivity contribution in [1.29, 1.82) is 0 Å². The van der Waals surface area contributed by atoms with E-state index in [0.717, 1.165) is 0 Å². The van der Waals surface area contributed by atoms with Crippen molar-refractivity contribution in [1.82, 2.24) is 0 Å². The second-order valence-electron chi connectivity index (χ2n) is 9.70. The van der Waals surface area contributed by atoms with E-state index in [9.17, 15) is 4.57 Å². The molecule has 0 radical (unpaired) electrons. The van der Waals surface area contributed by atoms with Crippen LogP contribution in [0.5, 0.6) is 0 Å². The lowest BCUT2D eigenvalue weighted by Crippen LogP contribution is -2.50. The van der Waals surface area contributed by atoms with Gasteiger partial charge in [-0.3, -0.25) is 0 Å². The molecule has 0 N–H and O–H groups in total. The molecule has 0 saturated heterocycles. The zero-order chi connectivity index (χ0) is 21.0. The van der Waals surface area contributed by atoms with E-state index in [4.69, 9.17) is 13.6 Å². The molecular weight excluding hydrogens is 353 g/mol. The summed E-state index contributed by atoms with van der Waals surface area (Å²) in [5.74, 6) is 0. The second kappa shape index (κ2) is 9.46. The molecule has 0 aromatic carbocycles. The maximum absolute atomic E-state index is 13.8. The van der Waals surface area contributed by atoms with Crippen molar-refractivity contribution < 1.29 is 31.6 Å². The number of phosphoric acid groups is 1. The van der Waals surface area contributed by atoms with Crippen LogP contribution in [0.25, 0.3) is 0 Å². The molecule has 8 heteroatoms. The molecule has 0 saturated carbocycles.